The van der Waals surface area contributed by atoms with Gasteiger partial charge in [-0.05, 0) is 28.8 Å². The Morgan fingerprint density at radius 1 is 1.07 bits per heavy atom. The van der Waals surface area contributed by atoms with Crippen molar-refractivity contribution in [1.29, 1.82) is 0 Å². The third-order valence-electron chi connectivity index (χ3n) is 4.45. The van der Waals surface area contributed by atoms with Gasteiger partial charge in [0.25, 0.3) is 5.56 Å². The van der Waals surface area contributed by atoms with Gasteiger partial charge in [-0.1, -0.05) is 50.2 Å². The number of hydrogen-bond donors (Lipinski definition) is 2. The third-order valence-corrected chi connectivity index (χ3v) is 4.45. The lowest BCUT2D eigenvalue weighted by molar-refractivity contribution is -0.143. The number of fused-ring (bicyclic) bond motifs is 1. The molecule has 28 heavy (non-hydrogen) atoms. The predicted octanol–water partition coefficient (Wildman–Crippen LogP) is 2.29. The SMILES string of the molecule is CC(C)[C@@H](NC(=O)Cn1nc(-c2ccc3ccccc3c2)ccc1=O)C(=O)O. The minimum Gasteiger partial charge on any atom is -0.480 e. The summed E-state index contributed by atoms with van der Waals surface area (Å²) in [6.07, 6.45) is 0. The number of hydrogen-bond acceptors (Lipinski definition) is 4. The second kappa shape index (κ2) is 8.04. The van der Waals surface area contributed by atoms with E-state index in [0.717, 1.165) is 21.0 Å². The van der Waals surface area contributed by atoms with Crippen molar-refractivity contribution < 1.29 is 14.7 Å². The number of rotatable bonds is 6. The molecule has 7 heteroatoms. The van der Waals surface area contributed by atoms with Crippen molar-refractivity contribution in [2.75, 3.05) is 0 Å². The van der Waals surface area contributed by atoms with Gasteiger partial charge in [0.2, 0.25) is 5.91 Å². The van der Waals surface area contributed by atoms with Crippen molar-refractivity contribution >= 4 is 22.6 Å². The van der Waals surface area contributed by atoms with Crippen molar-refractivity contribution in [1.82, 2.24) is 15.1 Å². The number of amides is 1. The number of nitrogens with one attached hydrogen (secondary N) is 1. The van der Waals surface area contributed by atoms with E-state index in [-0.39, 0.29) is 12.5 Å². The summed E-state index contributed by atoms with van der Waals surface area (Å²) in [6, 6.07) is 15.7. The summed E-state index contributed by atoms with van der Waals surface area (Å²) in [5.41, 5.74) is 0.936. The Balaban J connectivity index is 1.85. The van der Waals surface area contributed by atoms with E-state index >= 15 is 0 Å². The van der Waals surface area contributed by atoms with E-state index < -0.39 is 23.5 Å². The van der Waals surface area contributed by atoms with Crippen molar-refractivity contribution in [3.05, 3.63) is 65.0 Å². The Bertz CT molecular complexity index is 1090. The van der Waals surface area contributed by atoms with E-state index in [2.05, 4.69) is 10.4 Å². The third kappa shape index (κ3) is 4.25. The standard InChI is InChI=1S/C21H21N3O4/c1-13(2)20(21(27)28)22-18(25)12-24-19(26)10-9-17(23-24)16-8-7-14-5-3-4-6-15(14)11-16/h3-11,13,20H,12H2,1-2H3,(H,22,25)(H,27,28)/t20-/m1/s1. The van der Waals surface area contributed by atoms with Gasteiger partial charge in [-0.25, -0.2) is 9.48 Å². The molecule has 1 heterocycles. The van der Waals surface area contributed by atoms with Gasteiger partial charge in [-0.2, -0.15) is 5.10 Å². The molecular weight excluding hydrogens is 358 g/mol. The zero-order chi connectivity index (χ0) is 20.3. The molecule has 3 rings (SSSR count). The van der Waals surface area contributed by atoms with Gasteiger partial charge in [0, 0.05) is 11.6 Å². The molecule has 0 bridgehead atoms. The molecule has 2 N–H and O–H groups in total. The van der Waals surface area contributed by atoms with Crippen molar-refractivity contribution in [2.45, 2.75) is 26.4 Å². The minimum atomic E-state index is -1.12. The quantitative estimate of drug-likeness (QED) is 0.684. The lowest BCUT2D eigenvalue weighted by atomic mass is 10.0. The normalized spacial score (nSPS) is 12.1. The van der Waals surface area contributed by atoms with Gasteiger partial charge in [0.05, 0.1) is 5.69 Å². The maximum absolute atomic E-state index is 12.2. The highest BCUT2D eigenvalue weighted by atomic mass is 16.4. The first-order valence-corrected chi connectivity index (χ1v) is 8.94. The van der Waals surface area contributed by atoms with Gasteiger partial charge in [-0.15, -0.1) is 0 Å². The Hall–Kier alpha value is -3.48. The molecule has 3 aromatic rings. The van der Waals surface area contributed by atoms with Crippen LogP contribution in [0.5, 0.6) is 0 Å². The molecule has 7 nitrogen and oxygen atoms in total. The monoisotopic (exact) mass is 379 g/mol. The average Bonchev–Trinajstić information content (AvgIpc) is 2.67. The summed E-state index contributed by atoms with van der Waals surface area (Å²) in [5, 5.41) is 18.0. The first-order chi connectivity index (χ1) is 13.3. The Morgan fingerprint density at radius 3 is 2.46 bits per heavy atom. The molecule has 0 aliphatic heterocycles. The number of aliphatic carboxylic acids is 1. The van der Waals surface area contributed by atoms with E-state index in [4.69, 9.17) is 0 Å². The zero-order valence-corrected chi connectivity index (χ0v) is 15.6. The average molecular weight is 379 g/mol. The largest absolute Gasteiger partial charge is 0.480 e. The highest BCUT2D eigenvalue weighted by Crippen LogP contribution is 2.22. The molecular formula is C21H21N3O4. The number of carboxylic acids is 1. The van der Waals surface area contributed by atoms with E-state index in [1.807, 2.05) is 42.5 Å². The summed E-state index contributed by atoms with van der Waals surface area (Å²) < 4.78 is 1.04. The number of carboxylic acid groups (broad SMARTS) is 1. The predicted molar refractivity (Wildman–Crippen MR) is 106 cm³/mol. The molecule has 1 atom stereocenters. The Kier molecular flexibility index (Phi) is 5.54. The highest BCUT2D eigenvalue weighted by molar-refractivity contribution is 5.86. The molecule has 0 saturated carbocycles. The first kappa shape index (κ1) is 19.3. The van der Waals surface area contributed by atoms with Crippen molar-refractivity contribution in [2.24, 2.45) is 5.92 Å². The fourth-order valence-corrected chi connectivity index (χ4v) is 2.93. The molecule has 1 aromatic heterocycles. The molecule has 0 radical (unpaired) electrons. The Labute approximate surface area is 161 Å². The van der Waals surface area contributed by atoms with Gasteiger partial charge in [0.15, 0.2) is 0 Å². The first-order valence-electron chi connectivity index (χ1n) is 8.94. The van der Waals surface area contributed by atoms with Crippen LogP contribution in [-0.4, -0.2) is 32.8 Å². The van der Waals surface area contributed by atoms with E-state index in [1.165, 1.54) is 6.07 Å². The van der Waals surface area contributed by atoms with Gasteiger partial charge >= 0.3 is 5.97 Å². The smallest absolute Gasteiger partial charge is 0.326 e. The van der Waals surface area contributed by atoms with Crippen LogP contribution in [0.15, 0.2) is 59.4 Å². The number of nitrogens with zero attached hydrogens (tertiary/aromatic N) is 2. The van der Waals surface area contributed by atoms with E-state index in [1.54, 1.807) is 19.9 Å². The van der Waals surface area contributed by atoms with Crippen LogP contribution in [0.3, 0.4) is 0 Å². The van der Waals surface area contributed by atoms with Gasteiger partial charge in [-0.3, -0.25) is 9.59 Å². The lowest BCUT2D eigenvalue weighted by Crippen LogP contribution is -2.46. The van der Waals surface area contributed by atoms with E-state index in [9.17, 15) is 19.5 Å². The van der Waals surface area contributed by atoms with E-state index in [0.29, 0.717) is 5.69 Å². The lowest BCUT2D eigenvalue weighted by Gasteiger charge is -2.18. The molecule has 2 aromatic carbocycles. The zero-order valence-electron chi connectivity index (χ0n) is 15.6. The molecule has 0 saturated heterocycles. The van der Waals surface area contributed by atoms with Crippen LogP contribution in [0, 0.1) is 5.92 Å². The van der Waals surface area contributed by atoms with Crippen LogP contribution < -0.4 is 10.9 Å². The van der Waals surface area contributed by atoms with Crippen LogP contribution in [0.1, 0.15) is 13.8 Å². The summed E-state index contributed by atoms with van der Waals surface area (Å²) in [6.45, 7) is 3.05. The topological polar surface area (TPSA) is 101 Å². The fraction of sp³-hybridized carbons (Fsp3) is 0.238. The summed E-state index contributed by atoms with van der Waals surface area (Å²) in [7, 11) is 0. The van der Waals surface area contributed by atoms with Crippen molar-refractivity contribution in [3.63, 3.8) is 0 Å². The summed E-state index contributed by atoms with van der Waals surface area (Å²) in [5.74, 6) is -1.98. The minimum absolute atomic E-state index is 0.282. The van der Waals surface area contributed by atoms with Crippen LogP contribution in [0.4, 0.5) is 0 Å². The summed E-state index contributed by atoms with van der Waals surface area (Å²) >= 11 is 0. The molecule has 0 fully saturated rings. The number of carbonyl (C=O) groups excluding carboxylic acids is 1. The number of carbonyl (C=O) groups is 2. The molecule has 1 amide bonds. The second-order valence-corrected chi connectivity index (χ2v) is 6.90. The van der Waals surface area contributed by atoms with Crippen LogP contribution in [-0.2, 0) is 16.1 Å². The van der Waals surface area contributed by atoms with Gasteiger partial charge < -0.3 is 10.4 Å². The molecule has 0 unspecified atom stereocenters. The highest BCUT2D eigenvalue weighted by Gasteiger charge is 2.23. The van der Waals surface area contributed by atoms with Crippen molar-refractivity contribution in [3.8, 4) is 11.3 Å². The number of aromatic nitrogens is 2. The Morgan fingerprint density at radius 2 is 1.79 bits per heavy atom. The maximum Gasteiger partial charge on any atom is 0.326 e. The maximum atomic E-state index is 12.2. The molecule has 0 spiro atoms. The molecule has 0 aliphatic rings. The van der Waals surface area contributed by atoms with Crippen LogP contribution >= 0.6 is 0 Å². The fourth-order valence-electron chi connectivity index (χ4n) is 2.93. The van der Waals surface area contributed by atoms with Crippen LogP contribution in [0.25, 0.3) is 22.0 Å². The molecule has 144 valence electrons. The van der Waals surface area contributed by atoms with Gasteiger partial charge in [0.1, 0.15) is 12.6 Å². The molecule has 0 aliphatic carbocycles. The number of benzene rings is 2. The van der Waals surface area contributed by atoms with Crippen LogP contribution in [0.2, 0.25) is 0 Å². The second-order valence-electron chi connectivity index (χ2n) is 6.90. The summed E-state index contributed by atoms with van der Waals surface area (Å²) in [4.78, 5) is 35.6.